The number of nitrogens with zero attached hydrogens (tertiary/aromatic N) is 1. The van der Waals surface area contributed by atoms with Crippen LogP contribution >= 0.6 is 0 Å². The van der Waals surface area contributed by atoms with Gasteiger partial charge in [-0.1, -0.05) is 18.2 Å². The standard InChI is InChI=1S/C19H22N4O3/c24-15-5-4-14(17(25)22-15)23-9-12-3-1-2-11(16(12)18(23)26)7-21-19-6-13(19)8-20-10-19/h1-3,13-14,20-21H,4-10H2,(H,22,24,25)/t13-,14?,19-/m0/s1. The Labute approximate surface area is 151 Å². The molecule has 2 saturated heterocycles. The van der Waals surface area contributed by atoms with Crippen molar-refractivity contribution in [2.75, 3.05) is 13.1 Å². The van der Waals surface area contributed by atoms with E-state index in [9.17, 15) is 14.4 Å². The number of fused-ring (bicyclic) bond motifs is 2. The lowest BCUT2D eigenvalue weighted by molar-refractivity contribution is -0.136. The molecule has 1 aliphatic carbocycles. The highest BCUT2D eigenvalue weighted by Gasteiger charge is 2.56. The third-order valence-corrected chi connectivity index (χ3v) is 6.33. The van der Waals surface area contributed by atoms with Gasteiger partial charge in [0.25, 0.3) is 5.91 Å². The minimum atomic E-state index is -0.557. The van der Waals surface area contributed by atoms with Crippen LogP contribution in [-0.4, -0.2) is 47.3 Å². The van der Waals surface area contributed by atoms with Gasteiger partial charge >= 0.3 is 0 Å². The van der Waals surface area contributed by atoms with Crippen LogP contribution in [0.15, 0.2) is 18.2 Å². The number of amides is 3. The molecule has 3 N–H and O–H groups in total. The van der Waals surface area contributed by atoms with Crippen molar-refractivity contribution >= 4 is 17.7 Å². The molecule has 7 heteroatoms. The van der Waals surface area contributed by atoms with E-state index >= 15 is 0 Å². The largest absolute Gasteiger partial charge is 0.322 e. The number of hydrogen-bond donors (Lipinski definition) is 3. The van der Waals surface area contributed by atoms with Crippen molar-refractivity contribution < 1.29 is 14.4 Å². The summed E-state index contributed by atoms with van der Waals surface area (Å²) in [6.07, 6.45) is 1.88. The molecule has 26 heavy (non-hydrogen) atoms. The van der Waals surface area contributed by atoms with Crippen LogP contribution in [0.4, 0.5) is 0 Å². The van der Waals surface area contributed by atoms with E-state index in [4.69, 9.17) is 0 Å². The molecular weight excluding hydrogens is 332 g/mol. The predicted molar refractivity (Wildman–Crippen MR) is 93.0 cm³/mol. The smallest absolute Gasteiger partial charge is 0.255 e. The van der Waals surface area contributed by atoms with Gasteiger partial charge in [0.15, 0.2) is 0 Å². The number of carbonyl (C=O) groups is 3. The van der Waals surface area contributed by atoms with Gasteiger partial charge in [-0.05, 0) is 36.4 Å². The van der Waals surface area contributed by atoms with Gasteiger partial charge in [0.05, 0.1) is 0 Å². The molecule has 1 aromatic rings. The van der Waals surface area contributed by atoms with Crippen molar-refractivity contribution in [3.8, 4) is 0 Å². The lowest BCUT2D eigenvalue weighted by Gasteiger charge is -2.29. The summed E-state index contributed by atoms with van der Waals surface area (Å²) < 4.78 is 0. The quantitative estimate of drug-likeness (QED) is 0.657. The molecule has 0 bridgehead atoms. The Morgan fingerprint density at radius 2 is 2.15 bits per heavy atom. The van der Waals surface area contributed by atoms with Gasteiger partial charge in [-0.2, -0.15) is 0 Å². The number of rotatable bonds is 4. The summed E-state index contributed by atoms with van der Waals surface area (Å²) in [6, 6.07) is 5.37. The molecule has 3 amide bonds. The fourth-order valence-electron chi connectivity index (χ4n) is 4.72. The Kier molecular flexibility index (Phi) is 3.45. The molecule has 1 aromatic carbocycles. The van der Waals surface area contributed by atoms with Crippen molar-refractivity contribution in [1.29, 1.82) is 0 Å². The Morgan fingerprint density at radius 3 is 2.88 bits per heavy atom. The molecule has 0 spiro atoms. The van der Waals surface area contributed by atoms with Crippen LogP contribution < -0.4 is 16.0 Å². The van der Waals surface area contributed by atoms with E-state index in [2.05, 4.69) is 16.0 Å². The summed E-state index contributed by atoms with van der Waals surface area (Å²) in [6.45, 7) is 3.16. The highest BCUT2D eigenvalue weighted by atomic mass is 16.2. The number of hydrogen-bond acceptors (Lipinski definition) is 5. The summed E-state index contributed by atoms with van der Waals surface area (Å²) in [5.74, 6) is -0.0150. The zero-order valence-corrected chi connectivity index (χ0v) is 14.5. The first kappa shape index (κ1) is 16.0. The molecule has 7 nitrogen and oxygen atoms in total. The molecule has 1 unspecified atom stereocenters. The fourth-order valence-corrected chi connectivity index (χ4v) is 4.72. The summed E-state index contributed by atoms with van der Waals surface area (Å²) in [5.41, 5.74) is 2.89. The van der Waals surface area contributed by atoms with Gasteiger partial charge in [0.2, 0.25) is 11.8 Å². The second-order valence-corrected chi connectivity index (χ2v) is 7.89. The van der Waals surface area contributed by atoms with E-state index in [1.165, 1.54) is 6.42 Å². The molecule has 1 saturated carbocycles. The highest BCUT2D eigenvalue weighted by Crippen LogP contribution is 2.46. The average molecular weight is 354 g/mol. The summed E-state index contributed by atoms with van der Waals surface area (Å²) in [5, 5.41) is 9.41. The second kappa shape index (κ2) is 5.62. The Hall–Kier alpha value is -2.25. The molecule has 3 heterocycles. The topological polar surface area (TPSA) is 90.5 Å². The van der Waals surface area contributed by atoms with Crippen molar-refractivity contribution in [3.63, 3.8) is 0 Å². The molecule has 0 aromatic heterocycles. The van der Waals surface area contributed by atoms with Crippen LogP contribution in [0.2, 0.25) is 0 Å². The average Bonchev–Trinajstić information content (AvgIpc) is 2.98. The Balaban J connectivity index is 1.35. The van der Waals surface area contributed by atoms with E-state index in [-0.39, 0.29) is 29.7 Å². The van der Waals surface area contributed by atoms with Crippen LogP contribution in [0.5, 0.6) is 0 Å². The molecule has 3 aliphatic heterocycles. The number of imide groups is 1. The van der Waals surface area contributed by atoms with Crippen LogP contribution in [0.3, 0.4) is 0 Å². The van der Waals surface area contributed by atoms with Crippen LogP contribution in [-0.2, 0) is 22.7 Å². The van der Waals surface area contributed by atoms with Crippen molar-refractivity contribution in [3.05, 3.63) is 34.9 Å². The van der Waals surface area contributed by atoms with Crippen molar-refractivity contribution in [1.82, 2.24) is 20.9 Å². The normalized spacial score (nSPS) is 32.5. The van der Waals surface area contributed by atoms with Gasteiger partial charge < -0.3 is 15.5 Å². The third-order valence-electron chi connectivity index (χ3n) is 6.33. The van der Waals surface area contributed by atoms with Gasteiger partial charge in [0.1, 0.15) is 6.04 Å². The molecule has 0 radical (unpaired) electrons. The third kappa shape index (κ3) is 2.38. The first-order valence-corrected chi connectivity index (χ1v) is 9.28. The summed E-state index contributed by atoms with van der Waals surface area (Å²) in [4.78, 5) is 38.2. The van der Waals surface area contributed by atoms with Crippen LogP contribution in [0.1, 0.15) is 40.7 Å². The summed E-state index contributed by atoms with van der Waals surface area (Å²) in [7, 11) is 0. The lowest BCUT2D eigenvalue weighted by Crippen LogP contribution is -2.52. The Morgan fingerprint density at radius 1 is 1.27 bits per heavy atom. The molecule has 3 atom stereocenters. The number of piperidine rings is 2. The Bertz CT molecular complexity index is 823. The zero-order chi connectivity index (χ0) is 17.9. The van der Waals surface area contributed by atoms with Crippen molar-refractivity contribution in [2.24, 2.45) is 5.92 Å². The molecule has 5 rings (SSSR count). The maximum Gasteiger partial charge on any atom is 0.255 e. The van der Waals surface area contributed by atoms with E-state index in [0.717, 1.165) is 29.8 Å². The van der Waals surface area contributed by atoms with E-state index in [0.29, 0.717) is 25.4 Å². The minimum Gasteiger partial charge on any atom is -0.322 e. The van der Waals surface area contributed by atoms with Gasteiger partial charge in [-0.25, -0.2) is 0 Å². The van der Waals surface area contributed by atoms with E-state index < -0.39 is 6.04 Å². The summed E-state index contributed by atoms with van der Waals surface area (Å²) >= 11 is 0. The molecular formula is C19H22N4O3. The van der Waals surface area contributed by atoms with Gasteiger partial charge in [-0.3, -0.25) is 19.7 Å². The first-order valence-electron chi connectivity index (χ1n) is 9.28. The predicted octanol–water partition coefficient (Wildman–Crippen LogP) is -0.101. The fraction of sp³-hybridized carbons (Fsp3) is 0.526. The van der Waals surface area contributed by atoms with E-state index in [1.807, 2.05) is 18.2 Å². The lowest BCUT2D eigenvalue weighted by atomic mass is 10.0. The molecule has 3 fully saturated rings. The first-order chi connectivity index (χ1) is 12.6. The van der Waals surface area contributed by atoms with E-state index in [1.54, 1.807) is 4.90 Å². The second-order valence-electron chi connectivity index (χ2n) is 7.89. The maximum atomic E-state index is 13.1. The van der Waals surface area contributed by atoms with Crippen LogP contribution in [0, 0.1) is 5.92 Å². The zero-order valence-electron chi connectivity index (χ0n) is 14.5. The highest BCUT2D eigenvalue weighted by molar-refractivity contribution is 6.05. The van der Waals surface area contributed by atoms with Crippen LogP contribution in [0.25, 0.3) is 0 Å². The van der Waals surface area contributed by atoms with Gasteiger partial charge in [-0.15, -0.1) is 0 Å². The van der Waals surface area contributed by atoms with Crippen molar-refractivity contribution in [2.45, 2.75) is 43.9 Å². The monoisotopic (exact) mass is 354 g/mol. The van der Waals surface area contributed by atoms with Gasteiger partial charge in [0, 0.05) is 37.2 Å². The molecule has 4 aliphatic rings. The molecule has 136 valence electrons. The number of benzene rings is 1. The minimum absolute atomic E-state index is 0.0960. The number of nitrogens with one attached hydrogen (secondary N) is 3. The maximum absolute atomic E-state index is 13.1. The number of carbonyl (C=O) groups excluding carboxylic acids is 3. The SMILES string of the molecule is O=C1CCC(N2Cc3cccc(CN[C@@]45CNC[C@@H]4C5)c3C2=O)C(=O)N1.